The molecule has 1 aromatic heterocycles. The van der Waals surface area contributed by atoms with Crippen molar-refractivity contribution in [3.63, 3.8) is 0 Å². The van der Waals surface area contributed by atoms with Crippen LogP contribution in [-0.4, -0.2) is 54.7 Å². The summed E-state index contributed by atoms with van der Waals surface area (Å²) in [5, 5.41) is 10.2. The highest BCUT2D eigenvalue weighted by atomic mass is 32.2. The zero-order valence-corrected chi connectivity index (χ0v) is 19.7. The molecular formula is C24H28N2O6S. The molecule has 0 amide bonds. The molecule has 0 spiro atoms. The van der Waals surface area contributed by atoms with E-state index in [-0.39, 0.29) is 23.5 Å². The van der Waals surface area contributed by atoms with E-state index in [0.29, 0.717) is 31.0 Å². The SMILES string of the molecule is COc1cccc2c1c(C1CCN(S(=O)(=O)c3ccc(OC(C)C)cc3)C1)cn2CC(=O)O. The molecule has 1 unspecified atom stereocenters. The predicted octanol–water partition coefficient (Wildman–Crippen LogP) is 3.70. The molecule has 1 atom stereocenters. The summed E-state index contributed by atoms with van der Waals surface area (Å²) in [5.74, 6) is 0.259. The lowest BCUT2D eigenvalue weighted by Crippen LogP contribution is -2.28. The van der Waals surface area contributed by atoms with E-state index in [2.05, 4.69) is 0 Å². The molecule has 0 bridgehead atoms. The van der Waals surface area contributed by atoms with Crippen molar-refractivity contribution in [1.29, 1.82) is 0 Å². The lowest BCUT2D eigenvalue weighted by atomic mass is 9.97. The van der Waals surface area contributed by atoms with E-state index in [1.54, 1.807) is 35.9 Å². The number of nitrogens with zero attached hydrogens (tertiary/aromatic N) is 2. The average Bonchev–Trinajstić information content (AvgIpc) is 3.39. The number of fused-ring (bicyclic) bond motifs is 1. The summed E-state index contributed by atoms with van der Waals surface area (Å²) in [7, 11) is -2.09. The van der Waals surface area contributed by atoms with E-state index in [9.17, 15) is 18.3 Å². The Labute approximate surface area is 193 Å². The number of aliphatic carboxylic acids is 1. The number of sulfonamides is 1. The van der Waals surface area contributed by atoms with E-state index < -0.39 is 16.0 Å². The van der Waals surface area contributed by atoms with Crippen LogP contribution in [0, 0.1) is 0 Å². The van der Waals surface area contributed by atoms with Gasteiger partial charge in [0.05, 0.1) is 23.6 Å². The van der Waals surface area contributed by atoms with E-state index in [0.717, 1.165) is 16.5 Å². The van der Waals surface area contributed by atoms with Crippen LogP contribution in [0.25, 0.3) is 10.9 Å². The summed E-state index contributed by atoms with van der Waals surface area (Å²) in [4.78, 5) is 11.6. The second kappa shape index (κ2) is 9.07. The molecule has 9 heteroatoms. The van der Waals surface area contributed by atoms with Gasteiger partial charge in [-0.05, 0) is 62.2 Å². The van der Waals surface area contributed by atoms with Crippen LogP contribution in [0.2, 0.25) is 0 Å². The van der Waals surface area contributed by atoms with Gasteiger partial charge >= 0.3 is 5.97 Å². The summed E-state index contributed by atoms with van der Waals surface area (Å²) >= 11 is 0. The number of carboxylic acids is 1. The highest BCUT2D eigenvalue weighted by Crippen LogP contribution is 2.39. The number of methoxy groups -OCH3 is 1. The highest BCUT2D eigenvalue weighted by Gasteiger charge is 2.35. The molecule has 176 valence electrons. The van der Waals surface area contributed by atoms with Gasteiger partial charge in [0.2, 0.25) is 10.0 Å². The van der Waals surface area contributed by atoms with Crippen LogP contribution in [0.4, 0.5) is 0 Å². The van der Waals surface area contributed by atoms with Gasteiger partial charge in [-0.2, -0.15) is 4.31 Å². The summed E-state index contributed by atoms with van der Waals surface area (Å²) < 4.78 is 40.8. The Morgan fingerprint density at radius 1 is 1.18 bits per heavy atom. The largest absolute Gasteiger partial charge is 0.496 e. The first kappa shape index (κ1) is 23.1. The molecule has 2 heterocycles. The third-order valence-corrected chi connectivity index (χ3v) is 7.73. The zero-order chi connectivity index (χ0) is 23.8. The maximum absolute atomic E-state index is 13.3. The van der Waals surface area contributed by atoms with E-state index in [1.165, 1.54) is 4.31 Å². The molecular weight excluding hydrogens is 444 g/mol. The number of hydrogen-bond acceptors (Lipinski definition) is 5. The maximum atomic E-state index is 13.3. The Morgan fingerprint density at radius 3 is 2.55 bits per heavy atom. The molecule has 1 saturated heterocycles. The molecule has 8 nitrogen and oxygen atoms in total. The van der Waals surface area contributed by atoms with Crippen molar-refractivity contribution in [3.8, 4) is 11.5 Å². The molecule has 1 fully saturated rings. The van der Waals surface area contributed by atoms with Crippen molar-refractivity contribution in [1.82, 2.24) is 8.87 Å². The number of rotatable bonds is 8. The molecule has 1 N–H and O–H groups in total. The fourth-order valence-electron chi connectivity index (χ4n) is 4.42. The minimum atomic E-state index is -3.66. The van der Waals surface area contributed by atoms with Gasteiger partial charge in [-0.15, -0.1) is 0 Å². The van der Waals surface area contributed by atoms with Crippen LogP contribution in [0.15, 0.2) is 53.6 Å². The van der Waals surface area contributed by atoms with Gasteiger partial charge in [-0.3, -0.25) is 4.79 Å². The number of aromatic nitrogens is 1. The number of ether oxygens (including phenoxy) is 2. The Hall–Kier alpha value is -3.04. The molecule has 4 rings (SSSR count). The highest BCUT2D eigenvalue weighted by molar-refractivity contribution is 7.89. The molecule has 2 aromatic carbocycles. The Bertz CT molecular complexity index is 1260. The lowest BCUT2D eigenvalue weighted by molar-refractivity contribution is -0.137. The van der Waals surface area contributed by atoms with E-state index in [4.69, 9.17) is 9.47 Å². The van der Waals surface area contributed by atoms with Crippen LogP contribution < -0.4 is 9.47 Å². The van der Waals surface area contributed by atoms with Crippen LogP contribution >= 0.6 is 0 Å². The van der Waals surface area contributed by atoms with Crippen molar-refractivity contribution in [2.45, 2.75) is 43.7 Å². The number of carbonyl (C=O) groups is 1. The Morgan fingerprint density at radius 2 is 1.91 bits per heavy atom. The first-order valence-electron chi connectivity index (χ1n) is 10.8. The average molecular weight is 473 g/mol. The summed E-state index contributed by atoms with van der Waals surface area (Å²) in [6.45, 7) is 4.35. The van der Waals surface area contributed by atoms with Crippen LogP contribution in [-0.2, 0) is 21.4 Å². The second-order valence-corrected chi connectivity index (χ2v) is 10.4. The Kier molecular flexibility index (Phi) is 6.36. The Balaban J connectivity index is 1.63. The summed E-state index contributed by atoms with van der Waals surface area (Å²) in [6, 6.07) is 12.0. The van der Waals surface area contributed by atoms with E-state index >= 15 is 0 Å². The smallest absolute Gasteiger partial charge is 0.323 e. The maximum Gasteiger partial charge on any atom is 0.323 e. The van der Waals surface area contributed by atoms with Gasteiger partial charge in [0.1, 0.15) is 18.0 Å². The van der Waals surface area contributed by atoms with Gasteiger partial charge in [0, 0.05) is 30.6 Å². The fraction of sp³-hybridized carbons (Fsp3) is 0.375. The molecule has 0 radical (unpaired) electrons. The molecule has 3 aromatic rings. The standard InChI is InChI=1S/C24H28N2O6S/c1-16(2)32-18-7-9-19(10-8-18)33(29,30)26-12-11-17(13-26)20-14-25(15-23(27)28)21-5-4-6-22(31-3)24(20)21/h4-10,14,16-17H,11-13,15H2,1-3H3,(H,27,28). The first-order valence-corrected chi connectivity index (χ1v) is 12.3. The number of hydrogen-bond donors (Lipinski definition) is 1. The van der Waals surface area contributed by atoms with Crippen molar-refractivity contribution in [3.05, 3.63) is 54.2 Å². The van der Waals surface area contributed by atoms with Crippen LogP contribution in [0.3, 0.4) is 0 Å². The molecule has 33 heavy (non-hydrogen) atoms. The fourth-order valence-corrected chi connectivity index (χ4v) is 5.92. The zero-order valence-electron chi connectivity index (χ0n) is 18.9. The number of benzene rings is 2. The molecule has 0 saturated carbocycles. The van der Waals surface area contributed by atoms with Gasteiger partial charge in [0.15, 0.2) is 0 Å². The molecule has 1 aliphatic heterocycles. The second-order valence-electron chi connectivity index (χ2n) is 8.45. The minimum Gasteiger partial charge on any atom is -0.496 e. The van der Waals surface area contributed by atoms with Gasteiger partial charge in [-0.25, -0.2) is 8.42 Å². The first-order chi connectivity index (χ1) is 15.7. The summed E-state index contributed by atoms with van der Waals surface area (Å²) in [5.41, 5.74) is 1.66. The third-order valence-electron chi connectivity index (χ3n) is 5.85. The molecule has 0 aliphatic carbocycles. The monoisotopic (exact) mass is 472 g/mol. The quantitative estimate of drug-likeness (QED) is 0.537. The third kappa shape index (κ3) is 4.56. The van der Waals surface area contributed by atoms with Crippen molar-refractivity contribution in [2.75, 3.05) is 20.2 Å². The van der Waals surface area contributed by atoms with Crippen molar-refractivity contribution < 1.29 is 27.8 Å². The van der Waals surface area contributed by atoms with Crippen molar-refractivity contribution >= 4 is 26.9 Å². The summed E-state index contributed by atoms with van der Waals surface area (Å²) in [6.07, 6.45) is 2.46. The topological polar surface area (TPSA) is 98.1 Å². The lowest BCUT2D eigenvalue weighted by Gasteiger charge is -2.17. The normalized spacial score (nSPS) is 17.0. The van der Waals surface area contributed by atoms with Gasteiger partial charge in [-0.1, -0.05) is 6.07 Å². The van der Waals surface area contributed by atoms with Gasteiger partial charge < -0.3 is 19.1 Å². The predicted molar refractivity (Wildman–Crippen MR) is 124 cm³/mol. The van der Waals surface area contributed by atoms with Crippen molar-refractivity contribution in [2.24, 2.45) is 0 Å². The van der Waals surface area contributed by atoms with E-state index in [1.807, 2.05) is 38.2 Å². The molecule has 1 aliphatic rings. The van der Waals surface area contributed by atoms with Gasteiger partial charge in [0.25, 0.3) is 0 Å². The minimum absolute atomic E-state index is 0.00652. The number of carboxylic acid groups (broad SMARTS) is 1. The van der Waals surface area contributed by atoms with Crippen LogP contribution in [0.1, 0.15) is 31.7 Å². The van der Waals surface area contributed by atoms with Crippen LogP contribution in [0.5, 0.6) is 11.5 Å².